The number of alkyl halides is 3. The number of halogens is 3. The van der Waals surface area contributed by atoms with Gasteiger partial charge in [0.05, 0.1) is 18.2 Å². The molecule has 0 atom stereocenters. The molecule has 140 valence electrons. The van der Waals surface area contributed by atoms with Crippen LogP contribution in [0.1, 0.15) is 21.6 Å². The minimum atomic E-state index is -4.63. The van der Waals surface area contributed by atoms with Gasteiger partial charge in [-0.1, -0.05) is 18.2 Å². The molecule has 0 unspecified atom stereocenters. The maximum absolute atomic E-state index is 13.2. The van der Waals surface area contributed by atoms with Gasteiger partial charge in [-0.15, -0.1) is 0 Å². The Kier molecular flexibility index (Phi) is 4.85. The van der Waals surface area contributed by atoms with Crippen LogP contribution in [0.3, 0.4) is 0 Å². The first-order valence-corrected chi connectivity index (χ1v) is 7.77. The van der Waals surface area contributed by atoms with Crippen molar-refractivity contribution in [3.8, 4) is 5.75 Å². The van der Waals surface area contributed by atoms with E-state index in [4.69, 9.17) is 4.74 Å². The summed E-state index contributed by atoms with van der Waals surface area (Å²) in [7, 11) is 1.52. The summed E-state index contributed by atoms with van der Waals surface area (Å²) in [5, 5.41) is 12.1. The molecule has 6 nitrogen and oxygen atoms in total. The Morgan fingerprint density at radius 1 is 1.15 bits per heavy atom. The number of ether oxygens (including phenoxy) is 1. The highest BCUT2D eigenvalue weighted by Crippen LogP contribution is 2.34. The largest absolute Gasteiger partial charge is 0.497 e. The summed E-state index contributed by atoms with van der Waals surface area (Å²) < 4.78 is 44.7. The number of carboxylic acid groups (broad SMARTS) is 1. The van der Waals surface area contributed by atoms with Gasteiger partial charge >= 0.3 is 12.1 Å². The summed E-state index contributed by atoms with van der Waals surface area (Å²) in [6.45, 7) is 0.151. The van der Waals surface area contributed by atoms with Crippen LogP contribution < -0.4 is 10.1 Å². The molecule has 0 radical (unpaired) electrons. The molecule has 2 N–H and O–H groups in total. The molecule has 0 amide bonds. The van der Waals surface area contributed by atoms with Crippen molar-refractivity contribution >= 4 is 22.8 Å². The molecule has 9 heteroatoms. The molecule has 0 bridgehead atoms. The van der Waals surface area contributed by atoms with Gasteiger partial charge in [-0.05, 0) is 29.8 Å². The van der Waals surface area contributed by atoms with Crippen LogP contribution >= 0.6 is 0 Å². The zero-order valence-electron chi connectivity index (χ0n) is 14.0. The van der Waals surface area contributed by atoms with E-state index in [9.17, 15) is 23.1 Å². The van der Waals surface area contributed by atoms with Crippen LogP contribution in [0.2, 0.25) is 0 Å². The van der Waals surface area contributed by atoms with E-state index in [0.29, 0.717) is 5.75 Å². The van der Waals surface area contributed by atoms with E-state index >= 15 is 0 Å². The van der Waals surface area contributed by atoms with Gasteiger partial charge < -0.3 is 15.2 Å². The maximum atomic E-state index is 13.2. The average Bonchev–Trinajstić information content (AvgIpc) is 2.64. The first kappa shape index (κ1) is 18.4. The number of carbonyl (C=O) groups is 1. The molecule has 0 aliphatic rings. The number of nitrogens with one attached hydrogen (secondary N) is 1. The Labute approximate surface area is 151 Å². The van der Waals surface area contributed by atoms with E-state index in [-0.39, 0.29) is 17.9 Å². The van der Waals surface area contributed by atoms with Gasteiger partial charge in [0.1, 0.15) is 11.3 Å². The second-order valence-electron chi connectivity index (χ2n) is 5.60. The molecular weight excluding hydrogens is 363 g/mol. The molecule has 0 saturated carbocycles. The van der Waals surface area contributed by atoms with Crippen molar-refractivity contribution < 1.29 is 27.8 Å². The Morgan fingerprint density at radius 2 is 1.85 bits per heavy atom. The summed E-state index contributed by atoms with van der Waals surface area (Å²) in [6.07, 6.45) is -4.63. The highest BCUT2D eigenvalue weighted by atomic mass is 19.4. The van der Waals surface area contributed by atoms with Gasteiger partial charge in [0.2, 0.25) is 0 Å². The van der Waals surface area contributed by atoms with E-state index in [0.717, 1.165) is 17.7 Å². The number of benzene rings is 2. The second kappa shape index (κ2) is 7.10. The predicted octanol–water partition coefficient (Wildman–Crippen LogP) is 3.97. The van der Waals surface area contributed by atoms with Crippen LogP contribution in [0.5, 0.6) is 5.75 Å². The Morgan fingerprint density at radius 3 is 2.44 bits per heavy atom. The molecule has 0 spiro atoms. The van der Waals surface area contributed by atoms with Gasteiger partial charge in [0, 0.05) is 6.54 Å². The topological polar surface area (TPSA) is 84.3 Å². The predicted molar refractivity (Wildman–Crippen MR) is 91.8 cm³/mol. The van der Waals surface area contributed by atoms with Crippen molar-refractivity contribution in [2.75, 3.05) is 12.4 Å². The van der Waals surface area contributed by atoms with Gasteiger partial charge in [0.25, 0.3) is 0 Å². The summed E-state index contributed by atoms with van der Waals surface area (Å²) >= 11 is 0. The van der Waals surface area contributed by atoms with Crippen LogP contribution in [0.15, 0.2) is 42.5 Å². The third kappa shape index (κ3) is 3.91. The Hall–Kier alpha value is -3.36. The number of carboxylic acids is 1. The number of aromatic nitrogens is 2. The van der Waals surface area contributed by atoms with E-state index in [1.165, 1.54) is 13.2 Å². The van der Waals surface area contributed by atoms with Crippen molar-refractivity contribution in [1.29, 1.82) is 0 Å². The maximum Gasteiger partial charge on any atom is 0.418 e. The summed E-state index contributed by atoms with van der Waals surface area (Å²) in [5.74, 6) is -0.980. The zero-order valence-corrected chi connectivity index (χ0v) is 14.0. The van der Waals surface area contributed by atoms with Crippen LogP contribution in [-0.4, -0.2) is 28.2 Å². The van der Waals surface area contributed by atoms with E-state index in [1.807, 2.05) is 0 Å². The van der Waals surface area contributed by atoms with Crippen LogP contribution in [0.25, 0.3) is 11.0 Å². The molecule has 0 saturated heterocycles. The number of methoxy groups -OCH3 is 1. The number of hydrogen-bond acceptors (Lipinski definition) is 5. The average molecular weight is 377 g/mol. The monoisotopic (exact) mass is 377 g/mol. The van der Waals surface area contributed by atoms with Crippen molar-refractivity contribution in [3.63, 3.8) is 0 Å². The summed E-state index contributed by atoms with van der Waals surface area (Å²) in [5.41, 5.74) is -1.21. The lowest BCUT2D eigenvalue weighted by molar-refractivity contribution is -0.136. The molecule has 27 heavy (non-hydrogen) atoms. The fraction of sp³-hybridized carbons (Fsp3) is 0.167. The lowest BCUT2D eigenvalue weighted by Gasteiger charge is -2.13. The Bertz CT molecular complexity index is 989. The van der Waals surface area contributed by atoms with Crippen molar-refractivity contribution in [2.45, 2.75) is 12.7 Å². The molecule has 3 rings (SSSR count). The van der Waals surface area contributed by atoms with Crippen molar-refractivity contribution in [2.24, 2.45) is 0 Å². The lowest BCUT2D eigenvalue weighted by Crippen LogP contribution is -2.13. The highest BCUT2D eigenvalue weighted by Gasteiger charge is 2.34. The van der Waals surface area contributed by atoms with Gasteiger partial charge in [0.15, 0.2) is 11.5 Å². The number of fused-ring (bicyclic) bond motifs is 1. The second-order valence-corrected chi connectivity index (χ2v) is 5.60. The quantitative estimate of drug-likeness (QED) is 0.700. The molecule has 1 heterocycles. The lowest BCUT2D eigenvalue weighted by atomic mass is 10.1. The number of aromatic carboxylic acids is 1. The van der Waals surface area contributed by atoms with E-state index in [1.54, 1.807) is 24.3 Å². The third-order valence-corrected chi connectivity index (χ3v) is 3.82. The standard InChI is InChI=1S/C18H14F3N3O3/c1-27-11-7-5-10(6-8-11)9-22-16-15(17(25)26)23-13-4-2-3-12(14(13)24-16)18(19,20)21/h2-8H,9H2,1H3,(H,22,24)(H,25,26). The number of rotatable bonds is 5. The normalized spacial score (nSPS) is 11.4. The van der Waals surface area contributed by atoms with Gasteiger partial charge in [-0.25, -0.2) is 14.8 Å². The number of para-hydroxylation sites is 1. The van der Waals surface area contributed by atoms with E-state index in [2.05, 4.69) is 15.3 Å². The molecular formula is C18H14F3N3O3. The van der Waals surface area contributed by atoms with Crippen LogP contribution in [0.4, 0.5) is 19.0 Å². The van der Waals surface area contributed by atoms with Crippen LogP contribution in [0, 0.1) is 0 Å². The minimum Gasteiger partial charge on any atom is -0.497 e. The SMILES string of the molecule is COc1ccc(CNc2nc3c(C(F)(F)F)cccc3nc2C(=O)O)cc1. The van der Waals surface area contributed by atoms with Gasteiger partial charge in [-0.2, -0.15) is 13.2 Å². The van der Waals surface area contributed by atoms with Gasteiger partial charge in [-0.3, -0.25) is 0 Å². The minimum absolute atomic E-state index is 0.141. The number of nitrogens with zero attached hydrogens (tertiary/aromatic N) is 2. The fourth-order valence-electron chi connectivity index (χ4n) is 2.51. The molecule has 3 aromatic rings. The van der Waals surface area contributed by atoms with Crippen molar-refractivity contribution in [3.05, 3.63) is 59.3 Å². The highest BCUT2D eigenvalue weighted by molar-refractivity contribution is 5.94. The third-order valence-electron chi connectivity index (χ3n) is 3.82. The number of anilines is 1. The fourth-order valence-corrected chi connectivity index (χ4v) is 2.51. The molecule has 0 fully saturated rings. The van der Waals surface area contributed by atoms with E-state index < -0.39 is 28.9 Å². The molecule has 1 aromatic heterocycles. The Balaban J connectivity index is 2.01. The summed E-state index contributed by atoms with van der Waals surface area (Å²) in [4.78, 5) is 19.2. The van der Waals surface area contributed by atoms with Crippen LogP contribution in [-0.2, 0) is 12.7 Å². The molecule has 0 aliphatic heterocycles. The molecule has 2 aromatic carbocycles. The first-order valence-electron chi connectivity index (χ1n) is 7.77. The molecule has 0 aliphatic carbocycles. The number of hydrogen-bond donors (Lipinski definition) is 2. The summed E-state index contributed by atoms with van der Waals surface area (Å²) in [6, 6.07) is 10.2. The zero-order chi connectivity index (χ0) is 19.6. The first-order chi connectivity index (χ1) is 12.8. The smallest absolute Gasteiger partial charge is 0.418 e. The van der Waals surface area contributed by atoms with Crippen molar-refractivity contribution in [1.82, 2.24) is 9.97 Å².